The summed E-state index contributed by atoms with van der Waals surface area (Å²) in [5, 5.41) is 0.663. The minimum absolute atomic E-state index is 0.147. The summed E-state index contributed by atoms with van der Waals surface area (Å²) in [6, 6.07) is 6.78. The maximum absolute atomic E-state index is 12.3. The number of carbonyl (C=O) groups is 1. The molecule has 0 saturated carbocycles. The third-order valence-electron chi connectivity index (χ3n) is 2.10. The van der Waals surface area contributed by atoms with Gasteiger partial charge in [-0.1, -0.05) is 29.3 Å². The van der Waals surface area contributed by atoms with Crippen LogP contribution in [-0.4, -0.2) is 5.78 Å². The number of thiophene rings is 1. The maximum Gasteiger partial charge on any atom is 0.196 e. The molecule has 2 rings (SSSR count). The Balaban J connectivity index is 2.51. The van der Waals surface area contributed by atoms with Crippen molar-refractivity contribution in [1.29, 1.82) is 0 Å². The van der Waals surface area contributed by atoms with E-state index < -0.39 is 0 Å². The van der Waals surface area contributed by atoms with E-state index >= 15 is 0 Å². The van der Waals surface area contributed by atoms with Crippen LogP contribution in [0.2, 0.25) is 10.0 Å². The molecule has 0 fully saturated rings. The van der Waals surface area contributed by atoms with E-state index in [4.69, 9.17) is 23.2 Å². The second kappa shape index (κ2) is 5.41. The van der Waals surface area contributed by atoms with E-state index in [0.717, 1.165) is 7.57 Å². The van der Waals surface area contributed by atoms with Crippen molar-refractivity contribution in [2.45, 2.75) is 0 Å². The van der Waals surface area contributed by atoms with Gasteiger partial charge in [0.25, 0.3) is 0 Å². The molecule has 6 heteroatoms. The number of rotatable bonds is 2. The van der Waals surface area contributed by atoms with Crippen molar-refractivity contribution in [3.8, 4) is 0 Å². The average molecular weight is 415 g/mol. The van der Waals surface area contributed by atoms with E-state index in [1.54, 1.807) is 24.3 Å². The summed E-state index contributed by atoms with van der Waals surface area (Å²) in [6.07, 6.45) is 0. The normalized spacial score (nSPS) is 10.6. The fourth-order valence-corrected chi connectivity index (χ4v) is 4.50. The highest BCUT2D eigenvalue weighted by atomic mass is 79.9. The van der Waals surface area contributed by atoms with Gasteiger partial charge in [0, 0.05) is 11.1 Å². The molecule has 88 valence electrons. The predicted molar refractivity (Wildman–Crippen MR) is 79.6 cm³/mol. The topological polar surface area (TPSA) is 17.1 Å². The van der Waals surface area contributed by atoms with Crippen LogP contribution in [0.1, 0.15) is 15.9 Å². The van der Waals surface area contributed by atoms with Crippen LogP contribution in [0.15, 0.2) is 31.8 Å². The fraction of sp³-hybridized carbons (Fsp3) is 0. The van der Waals surface area contributed by atoms with Gasteiger partial charge in [0.1, 0.15) is 0 Å². The Labute approximate surface area is 129 Å². The molecule has 17 heavy (non-hydrogen) atoms. The van der Waals surface area contributed by atoms with Gasteiger partial charge in [0.05, 0.1) is 17.6 Å². The molecule has 0 N–H and O–H groups in total. The van der Waals surface area contributed by atoms with Crippen molar-refractivity contribution in [3.63, 3.8) is 0 Å². The molecular weight excluding hydrogens is 411 g/mol. The van der Waals surface area contributed by atoms with Gasteiger partial charge in [0.2, 0.25) is 0 Å². The highest BCUT2D eigenvalue weighted by molar-refractivity contribution is 9.12. The third-order valence-corrected chi connectivity index (χ3v) is 5.26. The van der Waals surface area contributed by atoms with Crippen molar-refractivity contribution >= 4 is 72.2 Å². The van der Waals surface area contributed by atoms with Crippen LogP contribution in [0.4, 0.5) is 0 Å². The van der Waals surface area contributed by atoms with Gasteiger partial charge in [-0.05, 0) is 50.1 Å². The summed E-state index contributed by atoms with van der Waals surface area (Å²) in [4.78, 5) is 12.3. The number of ketones is 1. The maximum atomic E-state index is 12.3. The van der Waals surface area contributed by atoms with Crippen LogP contribution >= 0.6 is 66.4 Å². The smallest absolute Gasteiger partial charge is 0.196 e. The number of hydrogen-bond acceptors (Lipinski definition) is 2. The largest absolute Gasteiger partial charge is 0.288 e. The lowest BCUT2D eigenvalue weighted by molar-refractivity contribution is 0.103. The monoisotopic (exact) mass is 412 g/mol. The molecule has 1 aromatic carbocycles. The van der Waals surface area contributed by atoms with E-state index in [2.05, 4.69) is 31.9 Å². The first-order valence-electron chi connectivity index (χ1n) is 4.44. The number of hydrogen-bond donors (Lipinski definition) is 0. The van der Waals surface area contributed by atoms with E-state index in [0.29, 0.717) is 16.1 Å². The van der Waals surface area contributed by atoms with E-state index in [1.165, 1.54) is 11.3 Å². The number of halogens is 4. The molecule has 0 radical (unpaired) electrons. The lowest BCUT2D eigenvalue weighted by Crippen LogP contribution is -2.01. The van der Waals surface area contributed by atoms with Crippen molar-refractivity contribution in [3.05, 3.63) is 53.0 Å². The molecular formula is C11H4Br2Cl2OS. The standard InChI is InChI=1S/C11H4Br2Cl2OS/c12-8-4-6(11(13)17-8)10(16)5-2-1-3-7(14)9(5)15/h1-4H. The molecule has 1 heterocycles. The first-order chi connectivity index (χ1) is 8.00. The zero-order valence-corrected chi connectivity index (χ0v) is 13.6. The van der Waals surface area contributed by atoms with Gasteiger partial charge in [-0.15, -0.1) is 11.3 Å². The molecule has 0 spiro atoms. The van der Waals surface area contributed by atoms with Crippen molar-refractivity contribution in [2.75, 3.05) is 0 Å². The molecule has 2 aromatic rings. The molecule has 0 bridgehead atoms. The van der Waals surface area contributed by atoms with Crippen LogP contribution < -0.4 is 0 Å². The first kappa shape index (κ1) is 13.6. The lowest BCUT2D eigenvalue weighted by atomic mass is 10.1. The average Bonchev–Trinajstić information content (AvgIpc) is 2.61. The molecule has 0 amide bonds. The summed E-state index contributed by atoms with van der Waals surface area (Å²) in [6.45, 7) is 0. The fourth-order valence-electron chi connectivity index (χ4n) is 1.32. The minimum Gasteiger partial charge on any atom is -0.288 e. The Kier molecular flexibility index (Phi) is 4.31. The van der Waals surface area contributed by atoms with E-state index in [9.17, 15) is 4.79 Å². The Morgan fingerprint density at radius 2 is 1.88 bits per heavy atom. The lowest BCUT2D eigenvalue weighted by Gasteiger charge is -2.03. The number of carbonyl (C=O) groups excluding carboxylic acids is 1. The highest BCUT2D eigenvalue weighted by Gasteiger charge is 2.19. The van der Waals surface area contributed by atoms with Crippen molar-refractivity contribution in [2.24, 2.45) is 0 Å². The first-order valence-corrected chi connectivity index (χ1v) is 7.60. The van der Waals surface area contributed by atoms with Gasteiger partial charge < -0.3 is 0 Å². The van der Waals surface area contributed by atoms with Gasteiger partial charge in [-0.2, -0.15) is 0 Å². The molecule has 0 unspecified atom stereocenters. The zero-order valence-electron chi connectivity index (χ0n) is 8.14. The van der Waals surface area contributed by atoms with E-state index in [1.807, 2.05) is 0 Å². The SMILES string of the molecule is O=C(c1cc(Br)sc1Br)c1cccc(Cl)c1Cl. The molecule has 0 aliphatic heterocycles. The summed E-state index contributed by atoms with van der Waals surface area (Å²) in [7, 11) is 0. The van der Waals surface area contributed by atoms with Gasteiger partial charge >= 0.3 is 0 Å². The van der Waals surface area contributed by atoms with E-state index in [-0.39, 0.29) is 10.8 Å². The second-order valence-corrected chi connectivity index (χ2v) is 7.70. The van der Waals surface area contributed by atoms with Crippen LogP contribution in [0.5, 0.6) is 0 Å². The second-order valence-electron chi connectivity index (χ2n) is 3.17. The summed E-state index contributed by atoms with van der Waals surface area (Å²) >= 11 is 20.0. The number of benzene rings is 1. The van der Waals surface area contributed by atoms with Crippen molar-refractivity contribution in [1.82, 2.24) is 0 Å². The molecule has 1 aromatic heterocycles. The van der Waals surface area contributed by atoms with Gasteiger partial charge in [-0.3, -0.25) is 4.79 Å². The molecule has 0 saturated heterocycles. The van der Waals surface area contributed by atoms with Gasteiger partial charge in [0.15, 0.2) is 5.78 Å². The molecule has 0 aliphatic carbocycles. The third kappa shape index (κ3) is 2.76. The van der Waals surface area contributed by atoms with Crippen LogP contribution in [0.3, 0.4) is 0 Å². The Hall–Kier alpha value is 0.130. The Bertz CT molecular complexity index is 595. The minimum atomic E-state index is -0.147. The van der Waals surface area contributed by atoms with Crippen LogP contribution in [0.25, 0.3) is 0 Å². The zero-order chi connectivity index (χ0) is 12.6. The van der Waals surface area contributed by atoms with Gasteiger partial charge in [-0.25, -0.2) is 0 Å². The molecule has 1 nitrogen and oxygen atoms in total. The molecule has 0 atom stereocenters. The quantitative estimate of drug-likeness (QED) is 0.566. The Morgan fingerprint density at radius 1 is 1.18 bits per heavy atom. The van der Waals surface area contributed by atoms with Crippen LogP contribution in [0, 0.1) is 0 Å². The predicted octanol–water partition coefficient (Wildman–Crippen LogP) is 5.81. The highest BCUT2D eigenvalue weighted by Crippen LogP contribution is 2.35. The molecule has 0 aliphatic rings. The van der Waals surface area contributed by atoms with Crippen LogP contribution in [-0.2, 0) is 0 Å². The summed E-state index contributed by atoms with van der Waals surface area (Å²) in [5.41, 5.74) is 0.983. The summed E-state index contributed by atoms with van der Waals surface area (Å²) in [5.74, 6) is -0.147. The van der Waals surface area contributed by atoms with Crippen molar-refractivity contribution < 1.29 is 4.79 Å². The Morgan fingerprint density at radius 3 is 2.47 bits per heavy atom. The summed E-state index contributed by atoms with van der Waals surface area (Å²) < 4.78 is 1.65.